The van der Waals surface area contributed by atoms with E-state index in [9.17, 15) is 4.79 Å². The lowest BCUT2D eigenvalue weighted by molar-refractivity contribution is 0.102. The van der Waals surface area contributed by atoms with Gasteiger partial charge in [0.05, 0.1) is 13.2 Å². The van der Waals surface area contributed by atoms with Crippen LogP contribution in [0.5, 0.6) is 17.2 Å². The molecule has 126 valence electrons. The molecule has 0 unspecified atom stereocenters. The molecule has 0 saturated carbocycles. The van der Waals surface area contributed by atoms with Crippen molar-refractivity contribution in [2.45, 2.75) is 6.42 Å². The van der Waals surface area contributed by atoms with Crippen molar-refractivity contribution in [1.82, 2.24) is 0 Å². The van der Waals surface area contributed by atoms with E-state index in [-0.39, 0.29) is 5.91 Å². The fourth-order valence-corrected chi connectivity index (χ4v) is 2.32. The lowest BCUT2D eigenvalue weighted by atomic mass is 10.2. The Kier molecular flexibility index (Phi) is 5.18. The third-order valence-corrected chi connectivity index (χ3v) is 3.51. The molecule has 0 saturated heterocycles. The Morgan fingerprint density at radius 2 is 1.83 bits per heavy atom. The van der Waals surface area contributed by atoms with E-state index in [1.807, 2.05) is 0 Å². The Morgan fingerprint density at radius 3 is 2.58 bits per heavy atom. The molecule has 1 aliphatic rings. The van der Waals surface area contributed by atoms with Crippen molar-refractivity contribution in [2.24, 2.45) is 5.73 Å². The first-order valence-corrected chi connectivity index (χ1v) is 7.90. The van der Waals surface area contributed by atoms with E-state index >= 15 is 0 Å². The van der Waals surface area contributed by atoms with Gasteiger partial charge in [-0.15, -0.1) is 0 Å². The maximum absolute atomic E-state index is 12.4. The summed E-state index contributed by atoms with van der Waals surface area (Å²) in [6, 6.07) is 12.3. The highest BCUT2D eigenvalue weighted by atomic mass is 16.5. The standard InChI is InChI=1S/C18H20N2O4/c19-8-11-22-15-5-3-14(4-6-15)20-18(21)13-2-7-16-17(12-13)24-10-1-9-23-16/h2-7,12H,1,8-11,19H2,(H,20,21). The SMILES string of the molecule is NCCOc1ccc(NC(=O)c2ccc3c(c2)OCCCO3)cc1. The first kappa shape index (κ1) is 16.1. The summed E-state index contributed by atoms with van der Waals surface area (Å²) < 4.78 is 16.6. The highest BCUT2D eigenvalue weighted by Crippen LogP contribution is 2.30. The van der Waals surface area contributed by atoms with Crippen molar-refractivity contribution in [3.05, 3.63) is 48.0 Å². The first-order chi connectivity index (χ1) is 11.8. The number of nitrogens with one attached hydrogen (secondary N) is 1. The van der Waals surface area contributed by atoms with E-state index in [0.717, 1.165) is 6.42 Å². The van der Waals surface area contributed by atoms with Crippen LogP contribution in [0.15, 0.2) is 42.5 Å². The van der Waals surface area contributed by atoms with Crippen molar-refractivity contribution < 1.29 is 19.0 Å². The normalized spacial score (nSPS) is 13.0. The Hall–Kier alpha value is -2.73. The quantitative estimate of drug-likeness (QED) is 0.881. The molecule has 6 heteroatoms. The fourth-order valence-electron chi connectivity index (χ4n) is 2.32. The third-order valence-electron chi connectivity index (χ3n) is 3.51. The number of hydrogen-bond acceptors (Lipinski definition) is 5. The average molecular weight is 328 g/mol. The van der Waals surface area contributed by atoms with Gasteiger partial charge in [-0.25, -0.2) is 0 Å². The van der Waals surface area contributed by atoms with Crippen LogP contribution >= 0.6 is 0 Å². The molecule has 2 aromatic rings. The highest BCUT2D eigenvalue weighted by Gasteiger charge is 2.14. The summed E-state index contributed by atoms with van der Waals surface area (Å²) in [4.78, 5) is 12.4. The van der Waals surface area contributed by atoms with Gasteiger partial charge < -0.3 is 25.3 Å². The minimum atomic E-state index is -0.207. The number of amides is 1. The third kappa shape index (κ3) is 3.97. The largest absolute Gasteiger partial charge is 0.492 e. The number of benzene rings is 2. The second-order valence-electron chi connectivity index (χ2n) is 5.33. The summed E-state index contributed by atoms with van der Waals surface area (Å²) in [7, 11) is 0. The molecule has 2 aromatic carbocycles. The molecule has 0 aromatic heterocycles. The number of ether oxygens (including phenoxy) is 3. The van der Waals surface area contributed by atoms with Crippen LogP contribution in [0.25, 0.3) is 0 Å². The van der Waals surface area contributed by atoms with E-state index in [1.54, 1.807) is 42.5 Å². The lowest BCUT2D eigenvalue weighted by Gasteiger charge is -2.10. The predicted octanol–water partition coefficient (Wildman–Crippen LogP) is 2.44. The maximum atomic E-state index is 12.4. The number of rotatable bonds is 5. The van der Waals surface area contributed by atoms with Crippen LogP contribution in [0.1, 0.15) is 16.8 Å². The molecule has 0 spiro atoms. The molecule has 1 heterocycles. The van der Waals surface area contributed by atoms with Gasteiger partial charge in [-0.2, -0.15) is 0 Å². The lowest BCUT2D eigenvalue weighted by Crippen LogP contribution is -2.12. The zero-order chi connectivity index (χ0) is 16.8. The predicted molar refractivity (Wildman–Crippen MR) is 91.0 cm³/mol. The van der Waals surface area contributed by atoms with Gasteiger partial charge >= 0.3 is 0 Å². The van der Waals surface area contributed by atoms with Crippen molar-refractivity contribution >= 4 is 11.6 Å². The van der Waals surface area contributed by atoms with E-state index in [4.69, 9.17) is 19.9 Å². The van der Waals surface area contributed by atoms with Crippen molar-refractivity contribution in [2.75, 3.05) is 31.7 Å². The number of carbonyl (C=O) groups is 1. The molecule has 24 heavy (non-hydrogen) atoms. The van der Waals surface area contributed by atoms with Gasteiger partial charge in [-0.3, -0.25) is 4.79 Å². The molecule has 6 nitrogen and oxygen atoms in total. The van der Waals surface area contributed by atoms with Crippen LogP contribution in [0, 0.1) is 0 Å². The Bertz CT molecular complexity index is 701. The number of carbonyl (C=O) groups excluding carboxylic acids is 1. The zero-order valence-electron chi connectivity index (χ0n) is 13.3. The first-order valence-electron chi connectivity index (χ1n) is 7.90. The maximum Gasteiger partial charge on any atom is 0.255 e. The zero-order valence-corrected chi connectivity index (χ0v) is 13.3. The molecule has 3 rings (SSSR count). The Labute approximate surface area is 140 Å². The molecule has 1 amide bonds. The minimum absolute atomic E-state index is 0.207. The number of fused-ring (bicyclic) bond motifs is 1. The molecule has 0 fully saturated rings. The number of anilines is 1. The van der Waals surface area contributed by atoms with Crippen LogP contribution in [0.3, 0.4) is 0 Å². The topological polar surface area (TPSA) is 82.8 Å². The number of hydrogen-bond donors (Lipinski definition) is 2. The molecule has 0 aliphatic carbocycles. The fraction of sp³-hybridized carbons (Fsp3) is 0.278. The summed E-state index contributed by atoms with van der Waals surface area (Å²) in [5, 5.41) is 2.85. The summed E-state index contributed by atoms with van der Waals surface area (Å²) >= 11 is 0. The number of nitrogens with two attached hydrogens (primary N) is 1. The Morgan fingerprint density at radius 1 is 1.08 bits per heavy atom. The van der Waals surface area contributed by atoms with Crippen LogP contribution in [0.4, 0.5) is 5.69 Å². The van der Waals surface area contributed by atoms with Crippen LogP contribution in [0.2, 0.25) is 0 Å². The van der Waals surface area contributed by atoms with Crippen molar-refractivity contribution in [3.8, 4) is 17.2 Å². The second-order valence-corrected chi connectivity index (χ2v) is 5.33. The van der Waals surface area contributed by atoms with Gasteiger partial charge in [0, 0.05) is 24.2 Å². The molecular formula is C18H20N2O4. The van der Waals surface area contributed by atoms with E-state index < -0.39 is 0 Å². The second kappa shape index (κ2) is 7.70. The van der Waals surface area contributed by atoms with E-state index in [1.165, 1.54) is 0 Å². The van der Waals surface area contributed by atoms with Gasteiger partial charge in [-0.05, 0) is 42.5 Å². The smallest absolute Gasteiger partial charge is 0.255 e. The molecule has 0 bridgehead atoms. The van der Waals surface area contributed by atoms with Gasteiger partial charge in [-0.1, -0.05) is 0 Å². The molecule has 0 radical (unpaired) electrons. The van der Waals surface area contributed by atoms with Crippen LogP contribution in [-0.4, -0.2) is 32.3 Å². The van der Waals surface area contributed by atoms with Gasteiger partial charge in [0.2, 0.25) is 0 Å². The van der Waals surface area contributed by atoms with Gasteiger partial charge in [0.15, 0.2) is 11.5 Å². The van der Waals surface area contributed by atoms with E-state index in [0.29, 0.717) is 54.9 Å². The van der Waals surface area contributed by atoms with E-state index in [2.05, 4.69) is 5.32 Å². The molecule has 3 N–H and O–H groups in total. The van der Waals surface area contributed by atoms with Crippen LogP contribution in [-0.2, 0) is 0 Å². The minimum Gasteiger partial charge on any atom is -0.492 e. The molecule has 0 atom stereocenters. The molecule has 1 aliphatic heterocycles. The molecular weight excluding hydrogens is 308 g/mol. The Balaban J connectivity index is 1.67. The van der Waals surface area contributed by atoms with Gasteiger partial charge in [0.25, 0.3) is 5.91 Å². The monoisotopic (exact) mass is 328 g/mol. The summed E-state index contributed by atoms with van der Waals surface area (Å²) in [6.07, 6.45) is 0.828. The summed E-state index contributed by atoms with van der Waals surface area (Å²) in [6.45, 7) is 2.13. The van der Waals surface area contributed by atoms with Gasteiger partial charge in [0.1, 0.15) is 12.4 Å². The average Bonchev–Trinajstić information content (AvgIpc) is 2.85. The van der Waals surface area contributed by atoms with Crippen molar-refractivity contribution in [1.29, 1.82) is 0 Å². The summed E-state index contributed by atoms with van der Waals surface area (Å²) in [5.74, 6) is 1.78. The summed E-state index contributed by atoms with van der Waals surface area (Å²) in [5.41, 5.74) is 6.60. The highest BCUT2D eigenvalue weighted by molar-refractivity contribution is 6.04. The van der Waals surface area contributed by atoms with Crippen molar-refractivity contribution in [3.63, 3.8) is 0 Å². The van der Waals surface area contributed by atoms with Crippen LogP contribution < -0.4 is 25.3 Å².